The lowest BCUT2D eigenvalue weighted by Gasteiger charge is -2.19. The molecule has 4 aromatic rings. The van der Waals surface area contributed by atoms with E-state index in [0.717, 1.165) is 22.2 Å². The number of anilines is 2. The van der Waals surface area contributed by atoms with Crippen LogP contribution in [0.2, 0.25) is 5.02 Å². The van der Waals surface area contributed by atoms with Gasteiger partial charge in [-0.1, -0.05) is 80.1 Å². The highest BCUT2D eigenvalue weighted by Crippen LogP contribution is 2.48. The van der Waals surface area contributed by atoms with E-state index >= 15 is 0 Å². The minimum absolute atomic E-state index is 0.00823. The highest BCUT2D eigenvalue weighted by molar-refractivity contribution is 7.22. The molecule has 0 bridgehead atoms. The fourth-order valence-corrected chi connectivity index (χ4v) is 5.55. The molecule has 1 saturated carbocycles. The Morgan fingerprint density at radius 1 is 1.03 bits per heavy atom. The van der Waals surface area contributed by atoms with Gasteiger partial charge in [-0.25, -0.2) is 4.98 Å². The molecule has 5 rings (SSSR count). The van der Waals surface area contributed by atoms with Crippen molar-refractivity contribution in [2.24, 2.45) is 5.92 Å². The number of nitrogens with one attached hydrogen (secondary N) is 2. The van der Waals surface area contributed by atoms with Crippen molar-refractivity contribution in [2.45, 2.75) is 45.4 Å². The number of carbonyl (C=O) groups excluding carboxylic acids is 2. The number of aryl methyl sites for hydroxylation is 1. The van der Waals surface area contributed by atoms with Gasteiger partial charge in [0.25, 0.3) is 5.91 Å². The van der Waals surface area contributed by atoms with Crippen molar-refractivity contribution in [1.82, 2.24) is 4.98 Å². The van der Waals surface area contributed by atoms with E-state index < -0.39 is 0 Å². The second kappa shape index (κ2) is 9.34. The number of hydrogen-bond acceptors (Lipinski definition) is 4. The molecule has 0 spiro atoms. The minimum Gasteiger partial charge on any atom is -0.320 e. The molecule has 1 aromatic heterocycles. The summed E-state index contributed by atoms with van der Waals surface area (Å²) in [5, 5.41) is 6.92. The second-order valence-electron chi connectivity index (χ2n) is 10.4. The Labute approximate surface area is 219 Å². The van der Waals surface area contributed by atoms with Gasteiger partial charge in [0.05, 0.1) is 20.9 Å². The van der Waals surface area contributed by atoms with Crippen LogP contribution in [0.4, 0.5) is 10.8 Å². The monoisotopic (exact) mass is 517 g/mol. The summed E-state index contributed by atoms with van der Waals surface area (Å²) in [7, 11) is 0. The van der Waals surface area contributed by atoms with Crippen LogP contribution < -0.4 is 10.6 Å². The topological polar surface area (TPSA) is 71.1 Å². The summed E-state index contributed by atoms with van der Waals surface area (Å²) >= 11 is 7.62. The molecule has 36 heavy (non-hydrogen) atoms. The molecule has 1 fully saturated rings. The van der Waals surface area contributed by atoms with Crippen LogP contribution in [0.1, 0.15) is 60.2 Å². The van der Waals surface area contributed by atoms with Crippen molar-refractivity contribution >= 4 is 55.8 Å². The third-order valence-corrected chi connectivity index (χ3v) is 7.92. The van der Waals surface area contributed by atoms with Crippen LogP contribution in [0.3, 0.4) is 0 Å². The molecular weight excluding hydrogens is 490 g/mol. The average Bonchev–Trinajstić information content (AvgIpc) is 3.54. The molecule has 1 heterocycles. The molecule has 0 radical (unpaired) electrons. The molecule has 0 unspecified atom stereocenters. The van der Waals surface area contributed by atoms with E-state index in [2.05, 4.69) is 60.7 Å². The normalized spacial score (nSPS) is 17.1. The fraction of sp³-hybridized carbons (Fsp3) is 0.276. The third kappa shape index (κ3) is 5.01. The van der Waals surface area contributed by atoms with E-state index in [4.69, 9.17) is 11.6 Å². The number of halogens is 1. The molecule has 3 aromatic carbocycles. The number of carbonyl (C=O) groups is 2. The number of fused-ring (bicyclic) bond motifs is 1. The first kappa shape index (κ1) is 24.5. The molecule has 1 aliphatic carbocycles. The molecule has 7 heteroatoms. The predicted molar refractivity (Wildman–Crippen MR) is 148 cm³/mol. The molecule has 184 valence electrons. The number of nitrogens with zero attached hydrogens (tertiary/aromatic N) is 1. The maximum atomic E-state index is 12.9. The Morgan fingerprint density at radius 2 is 1.78 bits per heavy atom. The van der Waals surface area contributed by atoms with Crippen LogP contribution >= 0.6 is 22.9 Å². The summed E-state index contributed by atoms with van der Waals surface area (Å²) in [5.74, 6) is -0.0498. The highest BCUT2D eigenvalue weighted by atomic mass is 35.5. The zero-order valence-corrected chi connectivity index (χ0v) is 22.3. The number of aromatic nitrogens is 1. The van der Waals surface area contributed by atoms with Gasteiger partial charge >= 0.3 is 0 Å². The first-order chi connectivity index (χ1) is 17.1. The molecular formula is C29H28ClN3O2S. The SMILES string of the molecule is Cc1cccc(Cl)c1NC(=O)c1ccc2nc(NC(=O)[C@@H]3C[C@H]3c3ccc(C(C)(C)C)cc3)sc2c1. The first-order valence-corrected chi connectivity index (χ1v) is 13.2. The molecule has 2 amide bonds. The molecule has 2 atom stereocenters. The van der Waals surface area contributed by atoms with Gasteiger partial charge in [-0.15, -0.1) is 0 Å². The van der Waals surface area contributed by atoms with E-state index in [1.54, 1.807) is 24.3 Å². The smallest absolute Gasteiger partial charge is 0.255 e. The van der Waals surface area contributed by atoms with Crippen LogP contribution in [-0.2, 0) is 10.2 Å². The Balaban J connectivity index is 1.25. The van der Waals surface area contributed by atoms with Gasteiger partial charge in [0.2, 0.25) is 5.91 Å². The summed E-state index contributed by atoms with van der Waals surface area (Å²) in [4.78, 5) is 30.3. The molecule has 0 aliphatic heterocycles. The van der Waals surface area contributed by atoms with Gasteiger partial charge in [-0.05, 0) is 65.6 Å². The summed E-state index contributed by atoms with van der Waals surface area (Å²) in [6, 6.07) is 19.4. The Kier molecular flexibility index (Phi) is 6.35. The number of benzene rings is 3. The fourth-order valence-electron chi connectivity index (χ4n) is 4.38. The highest BCUT2D eigenvalue weighted by Gasteiger charge is 2.44. The van der Waals surface area contributed by atoms with Crippen molar-refractivity contribution in [3.63, 3.8) is 0 Å². The maximum Gasteiger partial charge on any atom is 0.255 e. The van der Waals surface area contributed by atoms with Gasteiger partial charge in [-0.3, -0.25) is 9.59 Å². The minimum atomic E-state index is -0.245. The van der Waals surface area contributed by atoms with Crippen LogP contribution in [0.25, 0.3) is 10.2 Å². The second-order valence-corrected chi connectivity index (χ2v) is 11.8. The van der Waals surface area contributed by atoms with Crippen LogP contribution in [0, 0.1) is 12.8 Å². The van der Waals surface area contributed by atoms with E-state index in [0.29, 0.717) is 21.4 Å². The van der Waals surface area contributed by atoms with Crippen molar-refractivity contribution in [2.75, 3.05) is 10.6 Å². The zero-order chi connectivity index (χ0) is 25.6. The van der Waals surface area contributed by atoms with Gasteiger partial charge in [-0.2, -0.15) is 0 Å². The quantitative estimate of drug-likeness (QED) is 0.287. The summed E-state index contributed by atoms with van der Waals surface area (Å²) in [6.07, 6.45) is 0.845. The van der Waals surface area contributed by atoms with E-state index in [1.807, 2.05) is 19.1 Å². The lowest BCUT2D eigenvalue weighted by molar-refractivity contribution is -0.117. The average molecular weight is 518 g/mol. The molecule has 5 nitrogen and oxygen atoms in total. The molecule has 1 aliphatic rings. The molecule has 0 saturated heterocycles. The predicted octanol–water partition coefficient (Wildman–Crippen LogP) is 7.55. The Morgan fingerprint density at radius 3 is 2.47 bits per heavy atom. The van der Waals surface area contributed by atoms with Gasteiger partial charge in [0, 0.05) is 11.5 Å². The van der Waals surface area contributed by atoms with E-state index in [9.17, 15) is 9.59 Å². The van der Waals surface area contributed by atoms with Crippen LogP contribution in [0.5, 0.6) is 0 Å². The summed E-state index contributed by atoms with van der Waals surface area (Å²) in [6.45, 7) is 8.49. The number of amides is 2. The van der Waals surface area contributed by atoms with Gasteiger partial charge in [0.15, 0.2) is 5.13 Å². The number of hydrogen-bond donors (Lipinski definition) is 2. The van der Waals surface area contributed by atoms with Crippen molar-refractivity contribution in [3.8, 4) is 0 Å². The van der Waals surface area contributed by atoms with Crippen LogP contribution in [0.15, 0.2) is 60.7 Å². The lowest BCUT2D eigenvalue weighted by Crippen LogP contribution is -2.14. The maximum absolute atomic E-state index is 12.9. The zero-order valence-electron chi connectivity index (χ0n) is 20.7. The lowest BCUT2D eigenvalue weighted by atomic mass is 9.86. The van der Waals surface area contributed by atoms with Crippen molar-refractivity contribution in [1.29, 1.82) is 0 Å². The Hall–Kier alpha value is -3.22. The number of rotatable bonds is 5. The third-order valence-electron chi connectivity index (χ3n) is 6.67. The van der Waals surface area contributed by atoms with Crippen LogP contribution in [-0.4, -0.2) is 16.8 Å². The summed E-state index contributed by atoms with van der Waals surface area (Å²) < 4.78 is 0.832. The Bertz CT molecular complexity index is 1450. The van der Waals surface area contributed by atoms with Crippen molar-refractivity contribution in [3.05, 3.63) is 87.9 Å². The number of thiazole rings is 1. The van der Waals surface area contributed by atoms with E-state index in [-0.39, 0.29) is 29.1 Å². The van der Waals surface area contributed by atoms with Gasteiger partial charge < -0.3 is 10.6 Å². The standard InChI is InChI=1S/C29H28ClN3O2S/c1-16-6-5-7-22(30)25(16)32-26(34)18-10-13-23-24(14-18)36-28(31-23)33-27(35)21-15-20(21)17-8-11-19(12-9-17)29(2,3)4/h5-14,20-21H,15H2,1-4H3,(H,32,34)(H,31,33,35)/t20-,21+/m0/s1. The van der Waals surface area contributed by atoms with Crippen molar-refractivity contribution < 1.29 is 9.59 Å². The number of para-hydroxylation sites is 1. The van der Waals surface area contributed by atoms with Gasteiger partial charge in [0.1, 0.15) is 0 Å². The molecule has 2 N–H and O–H groups in total. The summed E-state index contributed by atoms with van der Waals surface area (Å²) in [5.41, 5.74) is 5.35. The van der Waals surface area contributed by atoms with E-state index in [1.165, 1.54) is 22.5 Å². The largest absolute Gasteiger partial charge is 0.320 e. The first-order valence-electron chi connectivity index (χ1n) is 12.0.